The van der Waals surface area contributed by atoms with Crippen LogP contribution >= 0.6 is 0 Å². The number of aliphatic hydroxyl groups excluding tert-OH is 1. The van der Waals surface area contributed by atoms with Gasteiger partial charge in [0.25, 0.3) is 0 Å². The van der Waals surface area contributed by atoms with Gasteiger partial charge in [0.15, 0.2) is 9.84 Å². The van der Waals surface area contributed by atoms with Crippen LogP contribution in [-0.2, 0) is 16.4 Å². The Kier molecular flexibility index (Phi) is 6.46. The first-order valence-corrected chi connectivity index (χ1v) is 10.8. The van der Waals surface area contributed by atoms with E-state index in [-0.39, 0.29) is 36.5 Å². The minimum Gasteiger partial charge on any atom is -0.491 e. The molecule has 27 heavy (non-hydrogen) atoms. The maximum absolute atomic E-state index is 13.5. The fourth-order valence-corrected chi connectivity index (χ4v) is 5.07. The summed E-state index contributed by atoms with van der Waals surface area (Å²) in [6, 6.07) is 15.2. The van der Waals surface area contributed by atoms with Gasteiger partial charge >= 0.3 is 0 Å². The van der Waals surface area contributed by atoms with Crippen molar-refractivity contribution in [2.75, 3.05) is 24.7 Å². The van der Waals surface area contributed by atoms with Crippen molar-refractivity contribution in [3.63, 3.8) is 0 Å². The van der Waals surface area contributed by atoms with Gasteiger partial charge in [-0.3, -0.25) is 4.90 Å². The number of aliphatic hydroxyl groups is 1. The number of hydrogen-bond acceptors (Lipinski definition) is 5. The van der Waals surface area contributed by atoms with Crippen LogP contribution in [0.4, 0.5) is 4.39 Å². The SMILES string of the molecule is O=S1(=O)CC[C@@H](N(Cc2cccc(F)c2)C[C@@H](O)COc2ccccc2)C1. The first-order chi connectivity index (χ1) is 12.9. The summed E-state index contributed by atoms with van der Waals surface area (Å²) in [4.78, 5) is 1.92. The zero-order valence-corrected chi connectivity index (χ0v) is 15.8. The highest BCUT2D eigenvalue weighted by Crippen LogP contribution is 2.21. The van der Waals surface area contributed by atoms with Crippen molar-refractivity contribution < 1.29 is 22.7 Å². The van der Waals surface area contributed by atoms with E-state index in [1.54, 1.807) is 24.3 Å². The predicted octanol–water partition coefficient (Wildman–Crippen LogP) is 2.25. The summed E-state index contributed by atoms with van der Waals surface area (Å²) in [6.07, 6.45) is -0.272. The molecule has 0 radical (unpaired) electrons. The summed E-state index contributed by atoms with van der Waals surface area (Å²) >= 11 is 0. The molecule has 1 saturated heterocycles. The summed E-state index contributed by atoms with van der Waals surface area (Å²) in [7, 11) is -3.06. The lowest BCUT2D eigenvalue weighted by molar-refractivity contribution is 0.0524. The molecule has 0 bridgehead atoms. The highest BCUT2D eigenvalue weighted by molar-refractivity contribution is 7.91. The second-order valence-electron chi connectivity index (χ2n) is 6.89. The summed E-state index contributed by atoms with van der Waals surface area (Å²) in [5.41, 5.74) is 0.746. The van der Waals surface area contributed by atoms with E-state index < -0.39 is 15.9 Å². The maximum Gasteiger partial charge on any atom is 0.151 e. The lowest BCUT2D eigenvalue weighted by atomic mass is 10.1. The molecular formula is C20H24FNO4S. The molecule has 0 unspecified atom stereocenters. The third-order valence-corrected chi connectivity index (χ3v) is 6.38. The third kappa shape index (κ3) is 6.02. The van der Waals surface area contributed by atoms with Crippen LogP contribution in [0.1, 0.15) is 12.0 Å². The monoisotopic (exact) mass is 393 g/mol. The maximum atomic E-state index is 13.5. The average molecular weight is 393 g/mol. The van der Waals surface area contributed by atoms with E-state index in [0.717, 1.165) is 5.56 Å². The molecule has 0 amide bonds. The summed E-state index contributed by atoms with van der Waals surface area (Å²) in [5.74, 6) is 0.541. The Balaban J connectivity index is 1.65. The van der Waals surface area contributed by atoms with Crippen molar-refractivity contribution >= 4 is 9.84 Å². The minimum atomic E-state index is -3.06. The third-order valence-electron chi connectivity index (χ3n) is 4.63. The van der Waals surface area contributed by atoms with Gasteiger partial charge in [-0.15, -0.1) is 0 Å². The Morgan fingerprint density at radius 2 is 1.96 bits per heavy atom. The van der Waals surface area contributed by atoms with E-state index in [1.165, 1.54) is 12.1 Å². The highest BCUT2D eigenvalue weighted by Gasteiger charge is 2.33. The molecule has 3 rings (SSSR count). The van der Waals surface area contributed by atoms with E-state index in [1.807, 2.05) is 23.1 Å². The van der Waals surface area contributed by atoms with Crippen molar-refractivity contribution in [3.05, 3.63) is 66.0 Å². The van der Waals surface area contributed by atoms with Crippen LogP contribution in [0.5, 0.6) is 5.75 Å². The van der Waals surface area contributed by atoms with E-state index in [2.05, 4.69) is 0 Å². The molecule has 1 N–H and O–H groups in total. The second-order valence-corrected chi connectivity index (χ2v) is 9.12. The Bertz CT molecular complexity index is 844. The normalized spacial score (nSPS) is 19.9. The van der Waals surface area contributed by atoms with Gasteiger partial charge in [-0.2, -0.15) is 0 Å². The molecule has 1 aliphatic rings. The molecule has 146 valence electrons. The van der Waals surface area contributed by atoms with E-state index in [0.29, 0.717) is 18.7 Å². The predicted molar refractivity (Wildman–Crippen MR) is 102 cm³/mol. The van der Waals surface area contributed by atoms with Gasteiger partial charge in [0.2, 0.25) is 0 Å². The quantitative estimate of drug-likeness (QED) is 0.745. The fraction of sp³-hybridized carbons (Fsp3) is 0.400. The minimum absolute atomic E-state index is 0.0641. The van der Waals surface area contributed by atoms with E-state index in [9.17, 15) is 17.9 Å². The molecule has 2 atom stereocenters. The fourth-order valence-electron chi connectivity index (χ4n) is 3.31. The van der Waals surface area contributed by atoms with Gasteiger partial charge in [-0.1, -0.05) is 30.3 Å². The van der Waals surface area contributed by atoms with Crippen molar-refractivity contribution in [2.24, 2.45) is 0 Å². The van der Waals surface area contributed by atoms with Crippen molar-refractivity contribution in [2.45, 2.75) is 25.1 Å². The first kappa shape index (κ1) is 19.8. The van der Waals surface area contributed by atoms with Gasteiger partial charge in [0.1, 0.15) is 24.3 Å². The van der Waals surface area contributed by atoms with Crippen molar-refractivity contribution in [1.82, 2.24) is 4.90 Å². The topological polar surface area (TPSA) is 66.8 Å². The van der Waals surface area contributed by atoms with Gasteiger partial charge in [0, 0.05) is 19.1 Å². The van der Waals surface area contributed by atoms with Crippen molar-refractivity contribution in [3.8, 4) is 5.75 Å². The molecule has 7 heteroatoms. The Hall–Kier alpha value is -1.96. The molecule has 0 aromatic heterocycles. The second kappa shape index (κ2) is 8.82. The Morgan fingerprint density at radius 3 is 2.63 bits per heavy atom. The van der Waals surface area contributed by atoms with Crippen LogP contribution in [0.2, 0.25) is 0 Å². The van der Waals surface area contributed by atoms with Crippen LogP contribution in [-0.4, -0.2) is 55.2 Å². The molecule has 1 aliphatic heterocycles. The van der Waals surface area contributed by atoms with Gasteiger partial charge in [-0.25, -0.2) is 12.8 Å². The van der Waals surface area contributed by atoms with Crippen LogP contribution in [0.3, 0.4) is 0 Å². The number of sulfone groups is 1. The van der Waals surface area contributed by atoms with Gasteiger partial charge < -0.3 is 9.84 Å². The largest absolute Gasteiger partial charge is 0.491 e. The van der Waals surface area contributed by atoms with E-state index >= 15 is 0 Å². The molecule has 0 spiro atoms. The lowest BCUT2D eigenvalue weighted by Gasteiger charge is -2.30. The first-order valence-electron chi connectivity index (χ1n) is 8.96. The number of ether oxygens (including phenoxy) is 1. The standard InChI is InChI=1S/C20H24FNO4S/c21-17-6-4-5-16(11-17)12-22(18-9-10-27(24,25)15-18)13-19(23)14-26-20-7-2-1-3-8-20/h1-8,11,18-19,23H,9-10,12-15H2/t18-,19-/m1/s1. The molecule has 5 nitrogen and oxygen atoms in total. The molecule has 2 aromatic rings. The van der Waals surface area contributed by atoms with Crippen LogP contribution < -0.4 is 4.74 Å². The zero-order valence-electron chi connectivity index (χ0n) is 15.0. The van der Waals surface area contributed by atoms with Gasteiger partial charge in [-0.05, 0) is 36.2 Å². The number of nitrogens with zero attached hydrogens (tertiary/aromatic N) is 1. The average Bonchev–Trinajstić information content (AvgIpc) is 3.00. The smallest absolute Gasteiger partial charge is 0.151 e. The summed E-state index contributed by atoms with van der Waals surface area (Å²) in [6.45, 7) is 0.729. The number of para-hydroxylation sites is 1. The number of rotatable bonds is 8. The van der Waals surface area contributed by atoms with Crippen LogP contribution in [0.25, 0.3) is 0 Å². The summed E-state index contributed by atoms with van der Waals surface area (Å²) in [5, 5.41) is 10.4. The van der Waals surface area contributed by atoms with Crippen LogP contribution in [0, 0.1) is 5.82 Å². The molecule has 0 aliphatic carbocycles. The number of benzene rings is 2. The molecular weight excluding hydrogens is 369 g/mol. The zero-order chi connectivity index (χ0) is 19.3. The molecule has 2 aromatic carbocycles. The molecule has 0 saturated carbocycles. The highest BCUT2D eigenvalue weighted by atomic mass is 32.2. The molecule has 1 heterocycles. The number of halogens is 1. The van der Waals surface area contributed by atoms with Crippen LogP contribution in [0.15, 0.2) is 54.6 Å². The Morgan fingerprint density at radius 1 is 1.19 bits per heavy atom. The van der Waals surface area contributed by atoms with E-state index in [4.69, 9.17) is 4.74 Å². The molecule has 1 fully saturated rings. The van der Waals surface area contributed by atoms with Crippen molar-refractivity contribution in [1.29, 1.82) is 0 Å². The summed E-state index contributed by atoms with van der Waals surface area (Å²) < 4.78 is 42.8. The lowest BCUT2D eigenvalue weighted by Crippen LogP contribution is -2.42. The Labute approximate surface area is 159 Å². The number of hydrogen-bond donors (Lipinski definition) is 1. The van der Waals surface area contributed by atoms with Gasteiger partial charge in [0.05, 0.1) is 11.5 Å².